The van der Waals surface area contributed by atoms with Gasteiger partial charge in [0, 0.05) is 37.5 Å². The van der Waals surface area contributed by atoms with Gasteiger partial charge in [0.1, 0.15) is 5.82 Å². The number of fused-ring (bicyclic) bond motifs is 1. The molecule has 1 fully saturated rings. The smallest absolute Gasteiger partial charge is 0.253 e. The van der Waals surface area contributed by atoms with Crippen LogP contribution in [-0.2, 0) is 11.8 Å². The Morgan fingerprint density at radius 3 is 2.61 bits per heavy atom. The Morgan fingerprint density at radius 1 is 1.09 bits per heavy atom. The molecule has 1 aliphatic rings. The van der Waals surface area contributed by atoms with E-state index in [4.69, 9.17) is 9.72 Å². The van der Waals surface area contributed by atoms with E-state index in [0.717, 1.165) is 42.1 Å². The maximum absolute atomic E-state index is 12.3. The first kappa shape index (κ1) is 21.6. The van der Waals surface area contributed by atoms with Gasteiger partial charge in [-0.1, -0.05) is 36.4 Å². The molecule has 33 heavy (non-hydrogen) atoms. The Bertz CT molecular complexity index is 1330. The molecular weight excluding hydrogens is 412 g/mol. The highest BCUT2D eigenvalue weighted by Crippen LogP contribution is 2.33. The van der Waals surface area contributed by atoms with Crippen molar-refractivity contribution in [3.63, 3.8) is 0 Å². The molecule has 0 saturated carbocycles. The van der Waals surface area contributed by atoms with Crippen LogP contribution in [0.5, 0.6) is 0 Å². The van der Waals surface area contributed by atoms with Gasteiger partial charge in [0.2, 0.25) is 0 Å². The van der Waals surface area contributed by atoms with E-state index < -0.39 is 0 Å². The summed E-state index contributed by atoms with van der Waals surface area (Å²) in [6.07, 6.45) is 1.93. The van der Waals surface area contributed by atoms with Crippen LogP contribution < -0.4 is 5.56 Å². The van der Waals surface area contributed by atoms with Gasteiger partial charge in [-0.3, -0.25) is 4.79 Å². The molecule has 0 amide bonds. The van der Waals surface area contributed by atoms with Crippen molar-refractivity contribution < 1.29 is 4.74 Å². The lowest BCUT2D eigenvalue weighted by Crippen LogP contribution is -2.35. The summed E-state index contributed by atoms with van der Waals surface area (Å²) in [5.41, 5.74) is 6.04. The van der Waals surface area contributed by atoms with Crippen molar-refractivity contribution in [2.75, 3.05) is 26.7 Å². The average molecular weight is 443 g/mol. The van der Waals surface area contributed by atoms with Crippen LogP contribution in [0.4, 0.5) is 0 Å². The molecule has 1 aliphatic heterocycles. The quantitative estimate of drug-likeness (QED) is 0.472. The first-order valence-corrected chi connectivity index (χ1v) is 11.5. The lowest BCUT2D eigenvalue weighted by Gasteiger charge is -2.30. The van der Waals surface area contributed by atoms with Crippen molar-refractivity contribution in [3.8, 4) is 11.4 Å². The number of likely N-dealkylation sites (N-methyl/N-ethyl adjacent to an activating group) is 1. The molecule has 0 aliphatic carbocycles. The predicted octanol–water partition coefficient (Wildman–Crippen LogP) is 4.32. The van der Waals surface area contributed by atoms with Crippen LogP contribution in [0.15, 0.2) is 65.6 Å². The SMILES string of the molecule is Cc1cc(-c2nc3ccc(C4CN(C)CCO4)cc3n2C(C)c2ccccc2)cn(C)c1=O. The topological polar surface area (TPSA) is 52.3 Å². The standard InChI is InChI=1S/C27H30N4O2/c1-18-14-22(16-30(4)27(18)32)26-28-23-11-10-21(25-17-29(3)12-13-33-25)15-24(23)31(26)19(2)20-8-6-5-7-9-20/h5-11,14-16,19,25H,12-13,17H2,1-4H3. The van der Waals surface area contributed by atoms with E-state index in [2.05, 4.69) is 65.9 Å². The fourth-order valence-corrected chi connectivity index (χ4v) is 4.77. The fraction of sp³-hybridized carbons (Fsp3) is 0.333. The van der Waals surface area contributed by atoms with E-state index in [1.165, 1.54) is 11.1 Å². The summed E-state index contributed by atoms with van der Waals surface area (Å²) >= 11 is 0. The number of hydrogen-bond acceptors (Lipinski definition) is 4. The normalized spacial score (nSPS) is 18.0. The van der Waals surface area contributed by atoms with E-state index in [-0.39, 0.29) is 17.7 Å². The summed E-state index contributed by atoms with van der Waals surface area (Å²) in [6.45, 7) is 6.63. The second-order valence-electron chi connectivity index (χ2n) is 9.09. The zero-order valence-electron chi connectivity index (χ0n) is 19.7. The number of rotatable bonds is 4. The van der Waals surface area contributed by atoms with Gasteiger partial charge in [-0.25, -0.2) is 4.98 Å². The van der Waals surface area contributed by atoms with E-state index in [9.17, 15) is 4.79 Å². The van der Waals surface area contributed by atoms with Crippen molar-refractivity contribution in [1.82, 2.24) is 19.0 Å². The van der Waals surface area contributed by atoms with Crippen molar-refractivity contribution in [3.05, 3.63) is 87.8 Å². The van der Waals surface area contributed by atoms with Crippen LogP contribution >= 0.6 is 0 Å². The first-order valence-electron chi connectivity index (χ1n) is 11.5. The molecule has 2 aromatic heterocycles. The number of aromatic nitrogens is 3. The number of imidazole rings is 1. The Hall–Kier alpha value is -3.22. The molecule has 3 heterocycles. The minimum Gasteiger partial charge on any atom is -0.371 e. The Balaban J connectivity index is 1.71. The predicted molar refractivity (Wildman–Crippen MR) is 132 cm³/mol. The van der Waals surface area contributed by atoms with E-state index in [1.54, 1.807) is 11.6 Å². The van der Waals surface area contributed by atoms with E-state index in [0.29, 0.717) is 5.56 Å². The van der Waals surface area contributed by atoms with E-state index in [1.807, 2.05) is 25.3 Å². The molecular formula is C27H30N4O2. The molecule has 0 N–H and O–H groups in total. The Labute approximate surface area is 194 Å². The summed E-state index contributed by atoms with van der Waals surface area (Å²) < 4.78 is 10.0. The molecule has 6 nitrogen and oxygen atoms in total. The lowest BCUT2D eigenvalue weighted by atomic mass is 10.1. The summed E-state index contributed by atoms with van der Waals surface area (Å²) in [5, 5.41) is 0. The van der Waals surface area contributed by atoms with Gasteiger partial charge in [0.25, 0.3) is 5.56 Å². The van der Waals surface area contributed by atoms with Gasteiger partial charge in [-0.2, -0.15) is 0 Å². The molecule has 0 radical (unpaired) electrons. The van der Waals surface area contributed by atoms with Gasteiger partial charge in [0.05, 0.1) is 29.8 Å². The van der Waals surface area contributed by atoms with Crippen LogP contribution in [0, 0.1) is 6.92 Å². The number of nitrogens with zero attached hydrogens (tertiary/aromatic N) is 4. The summed E-state index contributed by atoms with van der Waals surface area (Å²) in [7, 11) is 3.93. The zero-order valence-corrected chi connectivity index (χ0v) is 19.7. The van der Waals surface area contributed by atoms with E-state index >= 15 is 0 Å². The average Bonchev–Trinajstić information content (AvgIpc) is 3.21. The van der Waals surface area contributed by atoms with Gasteiger partial charge < -0.3 is 18.8 Å². The van der Waals surface area contributed by atoms with Gasteiger partial charge in [-0.05, 0) is 50.2 Å². The second kappa shape index (κ2) is 8.61. The molecule has 6 heteroatoms. The number of ether oxygens (including phenoxy) is 1. The lowest BCUT2D eigenvalue weighted by molar-refractivity contribution is -0.0208. The van der Waals surface area contributed by atoms with Crippen molar-refractivity contribution in [2.24, 2.45) is 7.05 Å². The third kappa shape index (κ3) is 4.01. The maximum atomic E-state index is 12.3. The largest absolute Gasteiger partial charge is 0.371 e. The number of benzene rings is 2. The van der Waals surface area contributed by atoms with Crippen LogP contribution in [0.3, 0.4) is 0 Å². The van der Waals surface area contributed by atoms with Crippen LogP contribution in [0.2, 0.25) is 0 Å². The molecule has 1 saturated heterocycles. The van der Waals surface area contributed by atoms with Crippen molar-refractivity contribution >= 4 is 11.0 Å². The van der Waals surface area contributed by atoms with Crippen molar-refractivity contribution in [1.29, 1.82) is 0 Å². The summed E-state index contributed by atoms with van der Waals surface area (Å²) in [4.78, 5) is 19.7. The first-order chi connectivity index (χ1) is 15.9. The monoisotopic (exact) mass is 442 g/mol. The third-order valence-electron chi connectivity index (χ3n) is 6.64. The summed E-state index contributed by atoms with van der Waals surface area (Å²) in [5.74, 6) is 0.860. The molecule has 5 rings (SSSR count). The molecule has 170 valence electrons. The zero-order chi connectivity index (χ0) is 23.1. The number of hydrogen-bond donors (Lipinski definition) is 0. The second-order valence-corrected chi connectivity index (χ2v) is 9.09. The third-order valence-corrected chi connectivity index (χ3v) is 6.64. The number of pyridine rings is 1. The number of morpholine rings is 1. The molecule has 0 bridgehead atoms. The maximum Gasteiger partial charge on any atom is 0.253 e. The summed E-state index contributed by atoms with van der Waals surface area (Å²) in [6, 6.07) is 18.9. The fourth-order valence-electron chi connectivity index (χ4n) is 4.77. The molecule has 2 aromatic carbocycles. The van der Waals surface area contributed by atoms with Gasteiger partial charge in [-0.15, -0.1) is 0 Å². The molecule has 2 atom stereocenters. The number of aryl methyl sites for hydroxylation is 2. The highest BCUT2D eigenvalue weighted by Gasteiger charge is 2.23. The van der Waals surface area contributed by atoms with Crippen molar-refractivity contribution in [2.45, 2.75) is 26.0 Å². The molecule has 4 aromatic rings. The highest BCUT2D eigenvalue weighted by molar-refractivity contribution is 5.82. The van der Waals surface area contributed by atoms with Crippen LogP contribution in [-0.4, -0.2) is 45.8 Å². The minimum atomic E-state index is 0.0124. The minimum absolute atomic E-state index is 0.0124. The van der Waals surface area contributed by atoms with Crippen LogP contribution in [0.25, 0.3) is 22.4 Å². The molecule has 0 spiro atoms. The Morgan fingerprint density at radius 2 is 1.88 bits per heavy atom. The molecule has 2 unspecified atom stereocenters. The Kier molecular flexibility index (Phi) is 5.64. The highest BCUT2D eigenvalue weighted by atomic mass is 16.5. The van der Waals surface area contributed by atoms with Gasteiger partial charge in [0.15, 0.2) is 0 Å². The van der Waals surface area contributed by atoms with Crippen LogP contribution in [0.1, 0.15) is 35.8 Å². The van der Waals surface area contributed by atoms with Gasteiger partial charge >= 0.3 is 0 Å².